The summed E-state index contributed by atoms with van der Waals surface area (Å²) >= 11 is 0. The molecule has 0 aliphatic rings. The largest absolute Gasteiger partial charge is 0.490 e. The number of ether oxygens (including phenoxy) is 2. The topological polar surface area (TPSA) is 104 Å². The normalized spacial score (nSPS) is 11.9. The predicted octanol–water partition coefficient (Wildman–Crippen LogP) is 2.70. The average Bonchev–Trinajstić information content (AvgIpc) is 2.83. The van der Waals surface area contributed by atoms with Crippen molar-refractivity contribution in [2.75, 3.05) is 13.2 Å². The number of nitrogens with zero attached hydrogens (tertiary/aromatic N) is 3. The van der Waals surface area contributed by atoms with E-state index in [0.29, 0.717) is 24.7 Å². The van der Waals surface area contributed by atoms with Crippen LogP contribution < -0.4 is 26.0 Å². The van der Waals surface area contributed by atoms with E-state index in [4.69, 9.17) is 9.47 Å². The van der Waals surface area contributed by atoms with Crippen molar-refractivity contribution in [3.8, 4) is 11.5 Å². The maximum Gasteiger partial charge on any atom is 0.332 e. The molecule has 0 aliphatic heterocycles. The quantitative estimate of drug-likeness (QED) is 0.533. The Morgan fingerprint density at radius 3 is 2.36 bits per heavy atom. The SMILES string of the molecule is CCCOc1ccc(C(C)NC(=O)c2cnc3c(c2)c(=O)n(C)c(=O)n3C)cc1OCCC. The number of amides is 1. The highest BCUT2D eigenvalue weighted by atomic mass is 16.5. The fourth-order valence-corrected chi connectivity index (χ4v) is 3.40. The average molecular weight is 455 g/mol. The number of hydrogen-bond donors (Lipinski definition) is 1. The van der Waals surface area contributed by atoms with Crippen LogP contribution in [0.15, 0.2) is 40.1 Å². The highest BCUT2D eigenvalue weighted by Gasteiger charge is 2.17. The van der Waals surface area contributed by atoms with Crippen molar-refractivity contribution < 1.29 is 14.3 Å². The standard InChI is InChI=1S/C24H30N4O5/c1-6-10-32-19-9-8-16(13-20(19)33-11-7-2)15(3)26-22(29)17-12-18-21(25-14-17)27(4)24(31)28(5)23(18)30/h8-9,12-15H,6-7,10-11H2,1-5H3,(H,26,29). The zero-order valence-electron chi connectivity index (χ0n) is 19.7. The van der Waals surface area contributed by atoms with Crippen LogP contribution in [0.2, 0.25) is 0 Å². The van der Waals surface area contributed by atoms with E-state index in [9.17, 15) is 14.4 Å². The molecule has 0 spiro atoms. The van der Waals surface area contributed by atoms with Gasteiger partial charge in [-0.2, -0.15) is 0 Å². The number of aryl methyl sites for hydroxylation is 1. The molecule has 0 fully saturated rings. The minimum Gasteiger partial charge on any atom is -0.490 e. The Balaban J connectivity index is 1.86. The number of fused-ring (bicyclic) bond motifs is 1. The predicted molar refractivity (Wildman–Crippen MR) is 126 cm³/mol. The lowest BCUT2D eigenvalue weighted by Gasteiger charge is -2.18. The van der Waals surface area contributed by atoms with Gasteiger partial charge in [-0.25, -0.2) is 9.78 Å². The number of carbonyl (C=O) groups is 1. The zero-order chi connectivity index (χ0) is 24.1. The molecule has 2 aromatic heterocycles. The maximum atomic E-state index is 12.9. The van der Waals surface area contributed by atoms with Gasteiger partial charge in [-0.15, -0.1) is 0 Å². The molecule has 3 rings (SSSR count). The molecule has 9 nitrogen and oxygen atoms in total. The summed E-state index contributed by atoms with van der Waals surface area (Å²) in [7, 11) is 2.93. The van der Waals surface area contributed by atoms with Gasteiger partial charge in [-0.3, -0.25) is 18.7 Å². The molecule has 0 aliphatic carbocycles. The lowest BCUT2D eigenvalue weighted by Crippen LogP contribution is -2.37. The van der Waals surface area contributed by atoms with Gasteiger partial charge in [-0.05, 0) is 43.5 Å². The van der Waals surface area contributed by atoms with E-state index < -0.39 is 11.2 Å². The third-order valence-electron chi connectivity index (χ3n) is 5.29. The molecule has 1 aromatic carbocycles. The molecule has 1 unspecified atom stereocenters. The number of benzene rings is 1. The molecule has 1 atom stereocenters. The summed E-state index contributed by atoms with van der Waals surface area (Å²) in [4.78, 5) is 41.7. The van der Waals surface area contributed by atoms with Crippen molar-refractivity contribution >= 4 is 16.9 Å². The molecule has 0 saturated carbocycles. The Morgan fingerprint density at radius 1 is 1.03 bits per heavy atom. The van der Waals surface area contributed by atoms with Gasteiger partial charge in [0.2, 0.25) is 0 Å². The van der Waals surface area contributed by atoms with E-state index in [1.165, 1.54) is 30.9 Å². The van der Waals surface area contributed by atoms with Crippen LogP contribution in [0.5, 0.6) is 11.5 Å². The van der Waals surface area contributed by atoms with Crippen LogP contribution >= 0.6 is 0 Å². The molecule has 0 saturated heterocycles. The smallest absolute Gasteiger partial charge is 0.332 e. The third-order valence-corrected chi connectivity index (χ3v) is 5.29. The Bertz CT molecular complexity index is 1280. The number of hydrogen-bond acceptors (Lipinski definition) is 6. The molecule has 0 bridgehead atoms. The van der Waals surface area contributed by atoms with Gasteiger partial charge < -0.3 is 14.8 Å². The molecule has 2 heterocycles. The van der Waals surface area contributed by atoms with E-state index in [1.54, 1.807) is 0 Å². The zero-order valence-corrected chi connectivity index (χ0v) is 19.7. The van der Waals surface area contributed by atoms with E-state index in [0.717, 1.165) is 23.0 Å². The highest BCUT2D eigenvalue weighted by Crippen LogP contribution is 2.31. The van der Waals surface area contributed by atoms with Crippen molar-refractivity contribution in [2.45, 2.75) is 39.7 Å². The van der Waals surface area contributed by atoms with Gasteiger partial charge in [0.25, 0.3) is 11.5 Å². The number of rotatable bonds is 9. The number of aromatic nitrogens is 3. The van der Waals surface area contributed by atoms with Crippen LogP contribution in [-0.2, 0) is 14.1 Å². The first-order valence-electron chi connectivity index (χ1n) is 11.0. The Morgan fingerprint density at radius 2 is 1.70 bits per heavy atom. The molecular weight excluding hydrogens is 424 g/mol. The van der Waals surface area contributed by atoms with Gasteiger partial charge in [0, 0.05) is 20.3 Å². The minimum absolute atomic E-state index is 0.201. The number of pyridine rings is 1. The van der Waals surface area contributed by atoms with Crippen LogP contribution in [0.3, 0.4) is 0 Å². The van der Waals surface area contributed by atoms with Gasteiger partial charge in [0.1, 0.15) is 5.65 Å². The lowest BCUT2D eigenvalue weighted by atomic mass is 10.1. The van der Waals surface area contributed by atoms with Gasteiger partial charge in [0.15, 0.2) is 11.5 Å². The Hall–Kier alpha value is -3.62. The summed E-state index contributed by atoms with van der Waals surface area (Å²) in [5.41, 5.74) is 0.343. The van der Waals surface area contributed by atoms with Crippen molar-refractivity contribution in [1.29, 1.82) is 0 Å². The summed E-state index contributed by atoms with van der Waals surface area (Å²) in [5, 5.41) is 3.13. The van der Waals surface area contributed by atoms with Crippen molar-refractivity contribution in [1.82, 2.24) is 19.4 Å². The van der Waals surface area contributed by atoms with E-state index in [2.05, 4.69) is 10.3 Å². The summed E-state index contributed by atoms with van der Waals surface area (Å²) < 4.78 is 13.9. The number of nitrogens with one attached hydrogen (secondary N) is 1. The second-order valence-electron chi connectivity index (χ2n) is 7.90. The van der Waals surface area contributed by atoms with Crippen LogP contribution in [0.4, 0.5) is 0 Å². The number of carbonyl (C=O) groups excluding carboxylic acids is 1. The molecule has 1 N–H and O–H groups in total. The first-order chi connectivity index (χ1) is 15.8. The van der Waals surface area contributed by atoms with Crippen molar-refractivity contribution in [3.63, 3.8) is 0 Å². The van der Waals surface area contributed by atoms with Crippen LogP contribution in [0, 0.1) is 0 Å². The maximum absolute atomic E-state index is 12.9. The second kappa shape index (κ2) is 10.3. The van der Waals surface area contributed by atoms with E-state index in [-0.39, 0.29) is 28.5 Å². The van der Waals surface area contributed by atoms with Gasteiger partial charge in [-0.1, -0.05) is 19.9 Å². The fourth-order valence-electron chi connectivity index (χ4n) is 3.40. The van der Waals surface area contributed by atoms with E-state index >= 15 is 0 Å². The molecule has 9 heteroatoms. The highest BCUT2D eigenvalue weighted by molar-refractivity contribution is 5.96. The lowest BCUT2D eigenvalue weighted by molar-refractivity contribution is 0.0939. The second-order valence-corrected chi connectivity index (χ2v) is 7.90. The van der Waals surface area contributed by atoms with Crippen molar-refractivity contribution in [3.05, 3.63) is 62.4 Å². The summed E-state index contributed by atoms with van der Waals surface area (Å²) in [6, 6.07) is 6.74. The molecular formula is C24H30N4O5. The minimum atomic E-state index is -0.497. The molecule has 1 amide bonds. The molecule has 33 heavy (non-hydrogen) atoms. The first-order valence-corrected chi connectivity index (χ1v) is 11.0. The van der Waals surface area contributed by atoms with Crippen LogP contribution in [0.1, 0.15) is 55.6 Å². The first kappa shape index (κ1) is 24.0. The Labute approximate surface area is 192 Å². The fraction of sp³-hybridized carbons (Fsp3) is 0.417. The van der Waals surface area contributed by atoms with Crippen LogP contribution in [-0.4, -0.2) is 33.2 Å². The molecule has 0 radical (unpaired) electrons. The third kappa shape index (κ3) is 5.08. The molecule has 176 valence electrons. The van der Waals surface area contributed by atoms with Crippen molar-refractivity contribution in [2.24, 2.45) is 14.1 Å². The van der Waals surface area contributed by atoms with E-state index in [1.807, 2.05) is 39.0 Å². The molecule has 3 aromatic rings. The Kier molecular flexibility index (Phi) is 7.52. The monoisotopic (exact) mass is 454 g/mol. The van der Waals surface area contributed by atoms with Gasteiger partial charge >= 0.3 is 5.69 Å². The van der Waals surface area contributed by atoms with Gasteiger partial charge in [0.05, 0.1) is 30.2 Å². The summed E-state index contributed by atoms with van der Waals surface area (Å²) in [6.07, 6.45) is 3.11. The summed E-state index contributed by atoms with van der Waals surface area (Å²) in [5.74, 6) is 0.934. The summed E-state index contributed by atoms with van der Waals surface area (Å²) in [6.45, 7) is 7.08. The van der Waals surface area contributed by atoms with Crippen LogP contribution in [0.25, 0.3) is 11.0 Å².